The van der Waals surface area contributed by atoms with Crippen molar-refractivity contribution in [3.63, 3.8) is 0 Å². The lowest BCUT2D eigenvalue weighted by atomic mass is 9.78. The topological polar surface area (TPSA) is 276 Å². The number of unbranched alkanes of at least 4 members (excludes halogenated alkanes) is 1. The number of carboxylic acids is 2. The number of nitrogens with one attached hydrogen (secondary N) is 3. The van der Waals surface area contributed by atoms with Gasteiger partial charge in [0, 0.05) is 53.5 Å². The Kier molecular flexibility index (Phi) is 16.6. The Balaban J connectivity index is 3.46. The average Bonchev–Trinajstić information content (AvgIpc) is 2.93. The van der Waals surface area contributed by atoms with Gasteiger partial charge in [0.2, 0.25) is 5.91 Å². The highest BCUT2D eigenvalue weighted by molar-refractivity contribution is 5.94. The van der Waals surface area contributed by atoms with Crippen LogP contribution in [0.25, 0.3) is 0 Å². The summed E-state index contributed by atoms with van der Waals surface area (Å²) in [6.07, 6.45) is -7.15. The molecule has 1 fully saturated rings. The fraction of sp³-hybridized carbons (Fsp3) is 0.710. The van der Waals surface area contributed by atoms with Crippen LogP contribution in [0.2, 0.25) is 0 Å². The van der Waals surface area contributed by atoms with Crippen LogP contribution in [-0.4, -0.2) is 112 Å². The van der Waals surface area contributed by atoms with Gasteiger partial charge in [-0.3, -0.25) is 33.6 Å². The third-order valence-electron chi connectivity index (χ3n) is 6.96. The summed E-state index contributed by atoms with van der Waals surface area (Å²) in [4.78, 5) is 111. The first-order chi connectivity index (χ1) is 23.0. The van der Waals surface area contributed by atoms with Crippen molar-refractivity contribution < 1.29 is 77.0 Å². The SMILES string of the molecule is CC(=O)OC1[C@@H](OC(C)=O)CC(OC(C)=O)(C(=O)N[C@@H](CCCCNC(=O)OC(C)(C)C)C(=O)N[C@@H](CCC(=O)O)C(=O)O)C[C@@H]1OC(C)=O. The van der Waals surface area contributed by atoms with E-state index in [-0.39, 0.29) is 25.8 Å². The van der Waals surface area contributed by atoms with E-state index in [1.807, 2.05) is 0 Å². The maximum atomic E-state index is 14.1. The maximum Gasteiger partial charge on any atom is 0.407 e. The zero-order valence-corrected chi connectivity index (χ0v) is 29.2. The highest BCUT2D eigenvalue weighted by Crippen LogP contribution is 2.38. The summed E-state index contributed by atoms with van der Waals surface area (Å²) < 4.78 is 26.5. The van der Waals surface area contributed by atoms with Crippen LogP contribution in [0.4, 0.5) is 4.79 Å². The van der Waals surface area contributed by atoms with Crippen LogP contribution < -0.4 is 16.0 Å². The third kappa shape index (κ3) is 15.5. The molecule has 0 saturated heterocycles. The molecule has 3 amide bonds. The molecule has 0 aromatic heterocycles. The second-order valence-corrected chi connectivity index (χ2v) is 12.6. The lowest BCUT2D eigenvalue weighted by Crippen LogP contribution is -2.64. The van der Waals surface area contributed by atoms with Crippen molar-refractivity contribution in [1.82, 2.24) is 16.0 Å². The Morgan fingerprint density at radius 2 is 1.28 bits per heavy atom. The fourth-order valence-electron chi connectivity index (χ4n) is 5.12. The number of rotatable bonds is 17. The number of carboxylic acid groups (broad SMARTS) is 2. The van der Waals surface area contributed by atoms with Crippen LogP contribution in [0.3, 0.4) is 0 Å². The molecule has 0 radical (unpaired) electrons. The van der Waals surface area contributed by atoms with E-state index in [1.165, 1.54) is 0 Å². The molecule has 282 valence electrons. The first kappa shape index (κ1) is 43.1. The van der Waals surface area contributed by atoms with E-state index in [1.54, 1.807) is 20.8 Å². The number of hydrogen-bond donors (Lipinski definition) is 5. The van der Waals surface area contributed by atoms with E-state index < -0.39 is 121 Å². The molecule has 19 heteroatoms. The number of ether oxygens (including phenoxy) is 5. The predicted molar refractivity (Wildman–Crippen MR) is 167 cm³/mol. The molecule has 4 atom stereocenters. The summed E-state index contributed by atoms with van der Waals surface area (Å²) in [6.45, 7) is 9.18. The highest BCUT2D eigenvalue weighted by atomic mass is 16.6. The number of amides is 3. The standard InChI is InChI=1S/C31H47N3O16/c1-16(35)46-22-14-31(49-19(4)38,15-23(47-17(2)36)25(22)48-18(3)37)28(44)34-20(10-8-9-13-32-29(45)50-30(5,6)7)26(41)33-21(27(42)43)11-12-24(39)40/h20-23,25H,8-15H2,1-7H3,(H,32,45)(H,33,41)(H,34,44)(H,39,40)(H,42,43)/t20-,21-,22-,23-,25?,31?/m0/s1. The normalized spacial score (nSPS) is 21.2. The van der Waals surface area contributed by atoms with Crippen LogP contribution in [0, 0.1) is 0 Å². The summed E-state index contributed by atoms with van der Waals surface area (Å²) in [5, 5.41) is 25.8. The largest absolute Gasteiger partial charge is 0.481 e. The van der Waals surface area contributed by atoms with Crippen LogP contribution in [0.15, 0.2) is 0 Å². The molecule has 0 aromatic carbocycles. The minimum Gasteiger partial charge on any atom is -0.481 e. The van der Waals surface area contributed by atoms with Crippen LogP contribution in [0.1, 0.15) is 93.4 Å². The van der Waals surface area contributed by atoms with Crippen LogP contribution in [-0.2, 0) is 62.0 Å². The van der Waals surface area contributed by atoms with Crippen molar-refractivity contribution >= 4 is 53.7 Å². The molecule has 0 aliphatic heterocycles. The molecule has 50 heavy (non-hydrogen) atoms. The van der Waals surface area contributed by atoms with Crippen molar-refractivity contribution in [3.05, 3.63) is 0 Å². The van der Waals surface area contributed by atoms with Gasteiger partial charge in [-0.25, -0.2) is 9.59 Å². The lowest BCUT2D eigenvalue weighted by molar-refractivity contribution is -0.215. The van der Waals surface area contributed by atoms with Crippen LogP contribution >= 0.6 is 0 Å². The molecular weight excluding hydrogens is 670 g/mol. The number of alkyl carbamates (subject to hydrolysis) is 1. The minimum atomic E-state index is -2.28. The van der Waals surface area contributed by atoms with E-state index in [0.717, 1.165) is 27.7 Å². The highest BCUT2D eigenvalue weighted by Gasteiger charge is 2.57. The molecule has 1 rings (SSSR count). The van der Waals surface area contributed by atoms with Gasteiger partial charge < -0.3 is 49.8 Å². The van der Waals surface area contributed by atoms with Gasteiger partial charge in [0.15, 0.2) is 11.7 Å². The van der Waals surface area contributed by atoms with E-state index in [0.29, 0.717) is 0 Å². The van der Waals surface area contributed by atoms with Gasteiger partial charge in [0.25, 0.3) is 5.91 Å². The zero-order valence-electron chi connectivity index (χ0n) is 29.2. The molecule has 0 bridgehead atoms. The number of esters is 4. The van der Waals surface area contributed by atoms with Gasteiger partial charge in [0.05, 0.1) is 0 Å². The summed E-state index contributed by atoms with van der Waals surface area (Å²) >= 11 is 0. The Hall–Kier alpha value is -4.97. The first-order valence-corrected chi connectivity index (χ1v) is 15.8. The molecule has 1 saturated carbocycles. The van der Waals surface area contributed by atoms with Crippen molar-refractivity contribution in [3.8, 4) is 0 Å². The third-order valence-corrected chi connectivity index (χ3v) is 6.96. The van der Waals surface area contributed by atoms with Crippen molar-refractivity contribution in [2.75, 3.05) is 6.54 Å². The smallest absolute Gasteiger partial charge is 0.407 e. The zero-order chi connectivity index (χ0) is 38.4. The molecule has 0 heterocycles. The molecule has 1 aliphatic carbocycles. The predicted octanol–water partition coefficient (Wildman–Crippen LogP) is 0.491. The number of carbonyl (C=O) groups is 9. The second kappa shape index (κ2) is 19.3. The molecule has 0 unspecified atom stereocenters. The maximum absolute atomic E-state index is 14.1. The van der Waals surface area contributed by atoms with Gasteiger partial charge in [-0.1, -0.05) is 0 Å². The Morgan fingerprint density at radius 3 is 1.72 bits per heavy atom. The molecule has 1 aliphatic rings. The van der Waals surface area contributed by atoms with Gasteiger partial charge in [-0.05, 0) is 46.5 Å². The van der Waals surface area contributed by atoms with Gasteiger partial charge in [-0.2, -0.15) is 0 Å². The van der Waals surface area contributed by atoms with E-state index in [9.17, 15) is 48.3 Å². The van der Waals surface area contributed by atoms with E-state index >= 15 is 0 Å². The van der Waals surface area contributed by atoms with Gasteiger partial charge in [-0.15, -0.1) is 0 Å². The van der Waals surface area contributed by atoms with Crippen molar-refractivity contribution in [2.45, 2.75) is 135 Å². The summed E-state index contributed by atoms with van der Waals surface area (Å²) in [6, 6.07) is -3.18. The van der Waals surface area contributed by atoms with Crippen molar-refractivity contribution in [1.29, 1.82) is 0 Å². The number of carbonyl (C=O) groups excluding carboxylic acids is 7. The van der Waals surface area contributed by atoms with Gasteiger partial charge >= 0.3 is 41.9 Å². The summed E-state index contributed by atoms with van der Waals surface area (Å²) in [5.41, 5.74) is -3.04. The van der Waals surface area contributed by atoms with Crippen molar-refractivity contribution in [2.24, 2.45) is 0 Å². The molecule has 0 aromatic rings. The van der Waals surface area contributed by atoms with E-state index in [4.69, 9.17) is 28.8 Å². The molecular formula is C31H47N3O16. The summed E-state index contributed by atoms with van der Waals surface area (Å²) in [5.74, 6) is -8.63. The fourth-order valence-corrected chi connectivity index (χ4v) is 5.12. The first-order valence-electron chi connectivity index (χ1n) is 15.8. The van der Waals surface area contributed by atoms with E-state index in [2.05, 4.69) is 16.0 Å². The lowest BCUT2D eigenvalue weighted by Gasteiger charge is -2.45. The monoisotopic (exact) mass is 717 g/mol. The molecule has 19 nitrogen and oxygen atoms in total. The summed E-state index contributed by atoms with van der Waals surface area (Å²) in [7, 11) is 0. The number of hydrogen-bond acceptors (Lipinski definition) is 14. The molecule has 5 N–H and O–H groups in total. The quantitative estimate of drug-likeness (QED) is 0.0778. The second-order valence-electron chi connectivity index (χ2n) is 12.6. The average molecular weight is 718 g/mol. The Bertz CT molecular complexity index is 1270. The molecule has 0 spiro atoms. The Morgan fingerprint density at radius 1 is 0.740 bits per heavy atom. The van der Waals surface area contributed by atoms with Crippen LogP contribution in [0.5, 0.6) is 0 Å². The minimum absolute atomic E-state index is 0.0939. The Labute approximate surface area is 288 Å². The van der Waals surface area contributed by atoms with Gasteiger partial charge in [0.1, 0.15) is 29.9 Å². The number of aliphatic carboxylic acids is 2.